The van der Waals surface area contributed by atoms with E-state index in [1.165, 1.54) is 0 Å². The topological polar surface area (TPSA) is 121 Å². The lowest BCUT2D eigenvalue weighted by Crippen LogP contribution is -2.42. The van der Waals surface area contributed by atoms with Gasteiger partial charge >= 0.3 is 0 Å². The molecule has 0 aliphatic heterocycles. The molecule has 0 radical (unpaired) electrons. The molecular weight excluding hydrogens is 463 g/mol. The van der Waals surface area contributed by atoms with Gasteiger partial charge in [0.1, 0.15) is 6.61 Å². The van der Waals surface area contributed by atoms with E-state index in [0.29, 0.717) is 52.9 Å². The summed E-state index contributed by atoms with van der Waals surface area (Å²) in [4.78, 5) is 34.8. The van der Waals surface area contributed by atoms with Crippen molar-refractivity contribution in [3.63, 3.8) is 0 Å². The van der Waals surface area contributed by atoms with Gasteiger partial charge < -0.3 is 34.3 Å². The van der Waals surface area contributed by atoms with Crippen LogP contribution in [0.15, 0.2) is 0 Å². The zero-order chi connectivity index (χ0) is 26.3. The van der Waals surface area contributed by atoms with Crippen LogP contribution in [0.1, 0.15) is 40.5 Å². The number of ether oxygens (including phenoxy) is 5. The molecule has 0 aliphatic rings. The number of Topliss-reactive ketones (excluding diaryl/α,β-unsaturated/α-hetero) is 1. The van der Waals surface area contributed by atoms with Crippen molar-refractivity contribution >= 4 is 17.6 Å². The third-order valence-electron chi connectivity index (χ3n) is 4.83. The molecule has 0 fully saturated rings. The molecule has 2 N–H and O–H groups in total. The van der Waals surface area contributed by atoms with Gasteiger partial charge in [-0.15, -0.1) is 0 Å². The summed E-state index contributed by atoms with van der Waals surface area (Å²) in [5.74, 6) is -1.17. The van der Waals surface area contributed by atoms with Crippen molar-refractivity contribution in [3.05, 3.63) is 0 Å². The van der Waals surface area contributed by atoms with Gasteiger partial charge in [0.15, 0.2) is 12.0 Å². The van der Waals surface area contributed by atoms with E-state index in [-0.39, 0.29) is 49.8 Å². The monoisotopic (exact) mass is 508 g/mol. The number of amides is 2. The molecule has 2 unspecified atom stereocenters. The zero-order valence-corrected chi connectivity index (χ0v) is 21.8. The van der Waals surface area contributed by atoms with Crippen LogP contribution in [0.25, 0.3) is 0 Å². The van der Waals surface area contributed by atoms with Crippen molar-refractivity contribution in [1.29, 1.82) is 0 Å². The van der Waals surface area contributed by atoms with Gasteiger partial charge in [-0.25, -0.2) is 4.39 Å². The molecule has 206 valence electrons. The molecule has 0 aromatic carbocycles. The normalized spacial score (nSPS) is 13.0. The van der Waals surface area contributed by atoms with Crippen LogP contribution >= 0.6 is 0 Å². The number of hydrogen-bond acceptors (Lipinski definition) is 8. The lowest BCUT2D eigenvalue weighted by atomic mass is 10.1. The summed E-state index contributed by atoms with van der Waals surface area (Å²) in [6, 6.07) is 0. The molecule has 0 aliphatic carbocycles. The minimum Gasteiger partial charge on any atom is -0.377 e. The first kappa shape index (κ1) is 33.3. The van der Waals surface area contributed by atoms with Crippen LogP contribution in [-0.4, -0.2) is 103 Å². The number of rotatable bonds is 24. The summed E-state index contributed by atoms with van der Waals surface area (Å²) in [5, 5.41) is 4.89. The van der Waals surface area contributed by atoms with Gasteiger partial charge in [-0.2, -0.15) is 0 Å². The molecular formula is C24H45FN2O8. The highest BCUT2D eigenvalue weighted by molar-refractivity contribution is 5.83. The third kappa shape index (κ3) is 20.3. The number of hydrogen-bond donors (Lipinski definition) is 2. The fourth-order valence-corrected chi connectivity index (χ4v) is 2.60. The molecule has 0 spiro atoms. The molecule has 0 saturated carbocycles. The Morgan fingerprint density at radius 3 is 1.69 bits per heavy atom. The maximum absolute atomic E-state index is 13.8. The molecule has 0 bridgehead atoms. The van der Waals surface area contributed by atoms with Gasteiger partial charge in [-0.05, 0) is 6.42 Å². The number of nitrogens with one attached hydrogen (secondary N) is 2. The lowest BCUT2D eigenvalue weighted by Gasteiger charge is -2.13. The number of carbonyl (C=O) groups is 3. The minimum absolute atomic E-state index is 0.0204. The van der Waals surface area contributed by atoms with Crippen LogP contribution in [0.5, 0.6) is 0 Å². The predicted octanol–water partition coefficient (Wildman–Crippen LogP) is 1.30. The lowest BCUT2D eigenvalue weighted by molar-refractivity contribution is -0.128. The average Bonchev–Trinajstić information content (AvgIpc) is 2.83. The maximum Gasteiger partial charge on any atom is 0.256 e. The molecule has 10 nitrogen and oxygen atoms in total. The first-order chi connectivity index (χ1) is 16.8. The fourth-order valence-electron chi connectivity index (χ4n) is 2.60. The molecule has 2 amide bonds. The second-order valence-corrected chi connectivity index (χ2v) is 8.32. The molecule has 35 heavy (non-hydrogen) atoms. The van der Waals surface area contributed by atoms with Gasteiger partial charge in [-0.3, -0.25) is 14.4 Å². The summed E-state index contributed by atoms with van der Waals surface area (Å²) >= 11 is 0. The van der Waals surface area contributed by atoms with Crippen molar-refractivity contribution in [1.82, 2.24) is 10.6 Å². The van der Waals surface area contributed by atoms with Gasteiger partial charge in [0.2, 0.25) is 5.91 Å². The highest BCUT2D eigenvalue weighted by atomic mass is 19.1. The van der Waals surface area contributed by atoms with E-state index in [9.17, 15) is 18.8 Å². The van der Waals surface area contributed by atoms with E-state index in [4.69, 9.17) is 23.7 Å². The highest BCUT2D eigenvalue weighted by Crippen LogP contribution is 2.04. The van der Waals surface area contributed by atoms with Crippen molar-refractivity contribution in [2.45, 2.75) is 46.7 Å². The van der Waals surface area contributed by atoms with E-state index in [1.54, 1.807) is 6.92 Å². The van der Waals surface area contributed by atoms with Crippen LogP contribution < -0.4 is 10.6 Å². The second kappa shape index (κ2) is 22.8. The Morgan fingerprint density at radius 1 is 0.714 bits per heavy atom. The zero-order valence-electron chi connectivity index (χ0n) is 21.8. The summed E-state index contributed by atoms with van der Waals surface area (Å²) < 4.78 is 40.4. The quantitative estimate of drug-likeness (QED) is 0.187. The number of alkyl halides is 1. The number of carbonyl (C=O) groups excluding carboxylic acids is 3. The van der Waals surface area contributed by atoms with E-state index in [1.807, 2.05) is 20.8 Å². The summed E-state index contributed by atoms with van der Waals surface area (Å²) in [7, 11) is 0. The van der Waals surface area contributed by atoms with E-state index >= 15 is 0 Å². The van der Waals surface area contributed by atoms with Crippen molar-refractivity contribution in [2.75, 3.05) is 79.2 Å². The van der Waals surface area contributed by atoms with Gasteiger partial charge in [-0.1, -0.05) is 34.1 Å². The molecule has 0 aromatic heterocycles. The minimum atomic E-state index is -1.80. The SMILES string of the molecule is CCCC(C)C(=O)NCC(F)C(=O)NCCOCCOCCOCCOCCOCC(=O)C(C)C. The Kier molecular flexibility index (Phi) is 21.7. The number of ketones is 1. The summed E-state index contributed by atoms with van der Waals surface area (Å²) in [5.41, 5.74) is 0. The van der Waals surface area contributed by atoms with Crippen LogP contribution in [0.4, 0.5) is 4.39 Å². The molecule has 0 saturated heterocycles. The highest BCUT2D eigenvalue weighted by Gasteiger charge is 2.19. The van der Waals surface area contributed by atoms with Crippen LogP contribution in [0, 0.1) is 11.8 Å². The third-order valence-corrected chi connectivity index (χ3v) is 4.83. The number of halogens is 1. The van der Waals surface area contributed by atoms with E-state index < -0.39 is 12.1 Å². The van der Waals surface area contributed by atoms with Gasteiger partial charge in [0.05, 0.1) is 66.0 Å². The average molecular weight is 509 g/mol. The van der Waals surface area contributed by atoms with Gasteiger partial charge in [0, 0.05) is 18.4 Å². The molecule has 11 heteroatoms. The van der Waals surface area contributed by atoms with Crippen molar-refractivity contribution < 1.29 is 42.5 Å². The Labute approximate surface area is 208 Å². The van der Waals surface area contributed by atoms with Gasteiger partial charge in [0.25, 0.3) is 5.91 Å². The standard InChI is InChI=1S/C24H45FN2O8/c1-5-6-20(4)23(29)27-17-21(25)24(30)26-7-8-31-9-10-32-11-12-33-13-14-34-15-16-35-18-22(28)19(2)3/h19-21H,5-18H2,1-4H3,(H,26,30)(H,27,29). The van der Waals surface area contributed by atoms with Crippen molar-refractivity contribution in [3.8, 4) is 0 Å². The first-order valence-electron chi connectivity index (χ1n) is 12.4. The molecule has 0 rings (SSSR count). The molecule has 2 atom stereocenters. The predicted molar refractivity (Wildman–Crippen MR) is 129 cm³/mol. The first-order valence-corrected chi connectivity index (χ1v) is 12.4. The Bertz CT molecular complexity index is 566. The molecule has 0 heterocycles. The van der Waals surface area contributed by atoms with E-state index in [2.05, 4.69) is 10.6 Å². The Hall–Kier alpha value is -1.66. The largest absolute Gasteiger partial charge is 0.377 e. The van der Waals surface area contributed by atoms with E-state index in [0.717, 1.165) is 12.8 Å². The smallest absolute Gasteiger partial charge is 0.256 e. The van der Waals surface area contributed by atoms with Crippen LogP contribution in [0.2, 0.25) is 0 Å². The van der Waals surface area contributed by atoms with Crippen LogP contribution in [-0.2, 0) is 38.1 Å². The van der Waals surface area contributed by atoms with Crippen molar-refractivity contribution in [2.24, 2.45) is 11.8 Å². The Morgan fingerprint density at radius 2 is 1.20 bits per heavy atom. The fraction of sp³-hybridized carbons (Fsp3) is 0.875. The van der Waals surface area contributed by atoms with Crippen LogP contribution in [0.3, 0.4) is 0 Å². The second-order valence-electron chi connectivity index (χ2n) is 8.32. The Balaban J connectivity index is 3.40. The summed E-state index contributed by atoms with van der Waals surface area (Å²) in [6.45, 7) is 10.8. The summed E-state index contributed by atoms with van der Waals surface area (Å²) in [6.07, 6.45) is -0.210. The molecule has 0 aromatic rings. The maximum atomic E-state index is 13.8.